The number of benzene rings is 1. The second-order valence-corrected chi connectivity index (χ2v) is 7.76. The molecule has 1 aromatic heterocycles. The predicted octanol–water partition coefficient (Wildman–Crippen LogP) is 2.69. The first-order valence-electron chi connectivity index (χ1n) is 9.96. The first-order chi connectivity index (χ1) is 12.8. The number of likely N-dealkylation sites (tertiary alicyclic amines) is 1. The van der Waals surface area contributed by atoms with Crippen LogP contribution in [-0.2, 0) is 12.8 Å². The van der Waals surface area contributed by atoms with Gasteiger partial charge in [-0.2, -0.15) is 0 Å². The molecule has 7 heteroatoms. The van der Waals surface area contributed by atoms with Crippen LogP contribution in [-0.4, -0.2) is 66.0 Å². The summed E-state index contributed by atoms with van der Waals surface area (Å²) < 4.78 is 0. The van der Waals surface area contributed by atoms with Gasteiger partial charge in [-0.05, 0) is 37.3 Å². The van der Waals surface area contributed by atoms with Crippen molar-refractivity contribution in [1.82, 2.24) is 20.1 Å². The summed E-state index contributed by atoms with van der Waals surface area (Å²) in [6.45, 7) is 6.06. The number of carbonyl (C=O) groups is 1. The van der Waals surface area contributed by atoms with Crippen molar-refractivity contribution in [2.75, 3.05) is 39.3 Å². The predicted molar refractivity (Wildman–Crippen MR) is 117 cm³/mol. The SMILES string of the molecule is Cl.Cl.O=C(c1c2c(nc3ccccc13)CCC2)N1CCC(N2CCNCC2)C1. The van der Waals surface area contributed by atoms with E-state index in [1.807, 2.05) is 18.2 Å². The molecule has 152 valence electrons. The molecular formula is C21H28Cl2N4O. The van der Waals surface area contributed by atoms with Crippen molar-refractivity contribution in [2.45, 2.75) is 31.7 Å². The van der Waals surface area contributed by atoms with Crippen LogP contribution in [0.3, 0.4) is 0 Å². The summed E-state index contributed by atoms with van der Waals surface area (Å²) in [6, 6.07) is 8.66. The molecule has 1 amide bonds. The number of halogens is 2. The van der Waals surface area contributed by atoms with E-state index in [0.717, 1.165) is 87.1 Å². The molecule has 1 atom stereocenters. The fourth-order valence-electron chi connectivity index (χ4n) is 4.88. The third-order valence-corrected chi connectivity index (χ3v) is 6.25. The zero-order chi connectivity index (χ0) is 17.5. The Morgan fingerprint density at radius 3 is 2.68 bits per heavy atom. The number of pyridine rings is 1. The van der Waals surface area contributed by atoms with Gasteiger partial charge in [0.05, 0.1) is 11.1 Å². The van der Waals surface area contributed by atoms with Crippen LogP contribution < -0.4 is 5.32 Å². The normalized spacial score (nSPS) is 21.9. The van der Waals surface area contributed by atoms with Crippen LogP contribution in [0.15, 0.2) is 24.3 Å². The maximum absolute atomic E-state index is 13.5. The number of nitrogens with one attached hydrogen (secondary N) is 1. The Balaban J connectivity index is 0.00000112. The molecule has 2 fully saturated rings. The van der Waals surface area contributed by atoms with Gasteiger partial charge in [0, 0.05) is 56.4 Å². The minimum atomic E-state index is 0. The van der Waals surface area contributed by atoms with Gasteiger partial charge in [-0.25, -0.2) is 0 Å². The lowest BCUT2D eigenvalue weighted by molar-refractivity contribution is 0.0774. The average Bonchev–Trinajstić information content (AvgIpc) is 3.35. The van der Waals surface area contributed by atoms with Crippen LogP contribution in [0.2, 0.25) is 0 Å². The molecule has 0 saturated carbocycles. The molecule has 0 radical (unpaired) electrons. The molecule has 0 bridgehead atoms. The molecule has 1 N–H and O–H groups in total. The summed E-state index contributed by atoms with van der Waals surface area (Å²) in [4.78, 5) is 23.0. The Morgan fingerprint density at radius 1 is 1.07 bits per heavy atom. The molecule has 5 rings (SSSR count). The molecule has 3 aliphatic rings. The van der Waals surface area contributed by atoms with Gasteiger partial charge >= 0.3 is 0 Å². The van der Waals surface area contributed by atoms with Crippen molar-refractivity contribution in [3.05, 3.63) is 41.1 Å². The van der Waals surface area contributed by atoms with Crippen LogP contribution in [0.25, 0.3) is 10.9 Å². The number of hydrogen-bond donors (Lipinski definition) is 1. The first-order valence-corrected chi connectivity index (χ1v) is 9.96. The molecule has 1 aliphatic carbocycles. The minimum absolute atomic E-state index is 0. The summed E-state index contributed by atoms with van der Waals surface area (Å²) in [6.07, 6.45) is 4.20. The first kappa shape index (κ1) is 21.3. The summed E-state index contributed by atoms with van der Waals surface area (Å²) in [7, 11) is 0. The topological polar surface area (TPSA) is 48.5 Å². The Bertz CT molecular complexity index is 854. The summed E-state index contributed by atoms with van der Waals surface area (Å²) >= 11 is 0. The fourth-order valence-corrected chi connectivity index (χ4v) is 4.88. The standard InChI is InChI=1S/C21H26N4O.2ClH/c26-21(25-11-8-15(14-25)24-12-9-22-10-13-24)20-16-4-1-2-6-18(16)23-19-7-3-5-17(19)20;;/h1-2,4,6,15,22H,3,5,7-14H2;2*1H. The highest BCUT2D eigenvalue weighted by Gasteiger charge is 2.34. The van der Waals surface area contributed by atoms with Crippen LogP contribution in [0.5, 0.6) is 0 Å². The highest BCUT2D eigenvalue weighted by molar-refractivity contribution is 6.08. The zero-order valence-corrected chi connectivity index (χ0v) is 17.7. The minimum Gasteiger partial charge on any atom is -0.337 e. The van der Waals surface area contributed by atoms with Gasteiger partial charge in [-0.15, -0.1) is 24.8 Å². The number of nitrogens with zero attached hydrogens (tertiary/aromatic N) is 3. The Kier molecular flexibility index (Phi) is 6.81. The molecule has 28 heavy (non-hydrogen) atoms. The highest BCUT2D eigenvalue weighted by Crippen LogP contribution is 2.32. The summed E-state index contributed by atoms with van der Waals surface area (Å²) in [5, 5.41) is 4.45. The van der Waals surface area contributed by atoms with Crippen molar-refractivity contribution in [1.29, 1.82) is 0 Å². The van der Waals surface area contributed by atoms with E-state index >= 15 is 0 Å². The van der Waals surface area contributed by atoms with E-state index in [9.17, 15) is 4.79 Å². The molecule has 2 aliphatic heterocycles. The van der Waals surface area contributed by atoms with E-state index in [1.165, 1.54) is 5.56 Å². The van der Waals surface area contributed by atoms with E-state index in [-0.39, 0.29) is 30.7 Å². The average molecular weight is 423 g/mol. The number of rotatable bonds is 2. The van der Waals surface area contributed by atoms with E-state index in [0.29, 0.717) is 6.04 Å². The van der Waals surface area contributed by atoms with Gasteiger partial charge < -0.3 is 10.2 Å². The lowest BCUT2D eigenvalue weighted by atomic mass is 10.00. The third kappa shape index (κ3) is 3.73. The van der Waals surface area contributed by atoms with Gasteiger partial charge in [0.1, 0.15) is 0 Å². The van der Waals surface area contributed by atoms with E-state index in [2.05, 4.69) is 21.2 Å². The zero-order valence-electron chi connectivity index (χ0n) is 16.0. The Labute approximate surface area is 178 Å². The van der Waals surface area contributed by atoms with Crippen molar-refractivity contribution >= 4 is 41.6 Å². The molecule has 2 saturated heterocycles. The number of hydrogen-bond acceptors (Lipinski definition) is 4. The molecule has 1 aromatic carbocycles. The molecular weight excluding hydrogens is 395 g/mol. The van der Waals surface area contributed by atoms with Crippen molar-refractivity contribution < 1.29 is 4.79 Å². The number of para-hydroxylation sites is 1. The van der Waals surface area contributed by atoms with Gasteiger partial charge in [0.2, 0.25) is 0 Å². The number of amides is 1. The smallest absolute Gasteiger partial charge is 0.254 e. The van der Waals surface area contributed by atoms with Crippen LogP contribution in [0.4, 0.5) is 0 Å². The maximum atomic E-state index is 13.5. The van der Waals surface area contributed by atoms with Crippen LogP contribution in [0.1, 0.15) is 34.5 Å². The number of aryl methyl sites for hydroxylation is 1. The molecule has 0 spiro atoms. The van der Waals surface area contributed by atoms with Crippen molar-refractivity contribution in [3.63, 3.8) is 0 Å². The van der Waals surface area contributed by atoms with Crippen LogP contribution in [0, 0.1) is 0 Å². The van der Waals surface area contributed by atoms with Crippen molar-refractivity contribution in [3.8, 4) is 0 Å². The molecule has 2 aromatic rings. The number of aromatic nitrogens is 1. The monoisotopic (exact) mass is 422 g/mol. The van der Waals surface area contributed by atoms with E-state index in [1.54, 1.807) is 0 Å². The Hall–Kier alpha value is -1.40. The van der Waals surface area contributed by atoms with E-state index in [4.69, 9.17) is 4.98 Å². The van der Waals surface area contributed by atoms with Gasteiger partial charge in [-0.3, -0.25) is 14.7 Å². The van der Waals surface area contributed by atoms with Crippen LogP contribution >= 0.6 is 24.8 Å². The molecule has 3 heterocycles. The second kappa shape index (κ2) is 8.95. The third-order valence-electron chi connectivity index (χ3n) is 6.25. The maximum Gasteiger partial charge on any atom is 0.254 e. The summed E-state index contributed by atoms with van der Waals surface area (Å²) in [5.74, 6) is 0.222. The number of piperazine rings is 1. The van der Waals surface area contributed by atoms with Gasteiger partial charge in [0.25, 0.3) is 5.91 Å². The fraction of sp³-hybridized carbons (Fsp3) is 0.524. The van der Waals surface area contributed by atoms with Gasteiger partial charge in [0.15, 0.2) is 0 Å². The highest BCUT2D eigenvalue weighted by atomic mass is 35.5. The quantitative estimate of drug-likeness (QED) is 0.807. The summed E-state index contributed by atoms with van der Waals surface area (Å²) in [5.41, 5.74) is 4.25. The molecule has 1 unspecified atom stereocenters. The Morgan fingerprint density at radius 2 is 1.86 bits per heavy atom. The number of fused-ring (bicyclic) bond motifs is 2. The lowest BCUT2D eigenvalue weighted by Crippen LogP contribution is -2.49. The van der Waals surface area contributed by atoms with Crippen molar-refractivity contribution in [2.24, 2.45) is 0 Å². The number of carbonyl (C=O) groups excluding carboxylic acids is 1. The molecule has 5 nitrogen and oxygen atoms in total. The largest absolute Gasteiger partial charge is 0.337 e. The second-order valence-electron chi connectivity index (χ2n) is 7.76. The lowest BCUT2D eigenvalue weighted by Gasteiger charge is -2.32. The van der Waals surface area contributed by atoms with E-state index < -0.39 is 0 Å². The van der Waals surface area contributed by atoms with Gasteiger partial charge in [-0.1, -0.05) is 18.2 Å².